The zero-order chi connectivity index (χ0) is 24.8. The van der Waals surface area contributed by atoms with Crippen LogP contribution in [0.3, 0.4) is 0 Å². The van der Waals surface area contributed by atoms with Crippen LogP contribution in [0.15, 0.2) is 76.6 Å². The lowest BCUT2D eigenvalue weighted by Gasteiger charge is -2.14. The summed E-state index contributed by atoms with van der Waals surface area (Å²) in [6.07, 6.45) is 1.42. The number of nitrogens with zero attached hydrogens (tertiary/aromatic N) is 3. The Labute approximate surface area is 206 Å². The minimum Gasteiger partial charge on any atom is -0.493 e. The Balaban J connectivity index is 1.84. The van der Waals surface area contributed by atoms with E-state index >= 15 is 0 Å². The van der Waals surface area contributed by atoms with Gasteiger partial charge in [0.05, 0.1) is 30.8 Å². The Bertz CT molecular complexity index is 1450. The number of hydrogen-bond donors (Lipinski definition) is 0. The van der Waals surface area contributed by atoms with Crippen LogP contribution in [-0.2, 0) is 9.53 Å². The van der Waals surface area contributed by atoms with Crippen LogP contribution in [0, 0.1) is 0 Å². The second kappa shape index (κ2) is 10.8. The van der Waals surface area contributed by atoms with Crippen molar-refractivity contribution in [3.63, 3.8) is 0 Å². The van der Waals surface area contributed by atoms with Crippen LogP contribution in [0.5, 0.6) is 11.5 Å². The van der Waals surface area contributed by atoms with E-state index in [9.17, 15) is 9.59 Å². The molecule has 0 bridgehead atoms. The van der Waals surface area contributed by atoms with E-state index in [4.69, 9.17) is 25.8 Å². The highest BCUT2D eigenvalue weighted by Gasteiger charge is 2.16. The van der Waals surface area contributed by atoms with Gasteiger partial charge in [-0.2, -0.15) is 9.78 Å². The number of methoxy groups -OCH3 is 1. The third-order valence-corrected chi connectivity index (χ3v) is 5.22. The fourth-order valence-electron chi connectivity index (χ4n) is 3.45. The zero-order valence-corrected chi connectivity index (χ0v) is 19.9. The molecule has 0 unspecified atom stereocenters. The van der Waals surface area contributed by atoms with Gasteiger partial charge in [-0.05, 0) is 25.1 Å². The predicted octanol–water partition coefficient (Wildman–Crippen LogP) is 4.55. The van der Waals surface area contributed by atoms with Crippen molar-refractivity contribution in [2.45, 2.75) is 6.92 Å². The average molecular weight is 492 g/mol. The van der Waals surface area contributed by atoms with Gasteiger partial charge >= 0.3 is 5.97 Å². The number of carbonyl (C=O) groups is 1. The zero-order valence-electron chi connectivity index (χ0n) is 19.1. The van der Waals surface area contributed by atoms with E-state index in [1.807, 2.05) is 36.4 Å². The van der Waals surface area contributed by atoms with Crippen LogP contribution in [0.25, 0.3) is 22.3 Å². The van der Waals surface area contributed by atoms with Crippen molar-refractivity contribution in [3.8, 4) is 22.9 Å². The highest BCUT2D eigenvalue weighted by atomic mass is 35.5. The van der Waals surface area contributed by atoms with Crippen molar-refractivity contribution in [3.05, 3.63) is 87.7 Å². The molecule has 1 aromatic heterocycles. The molecule has 0 spiro atoms. The topological polar surface area (TPSA) is 92.0 Å². The predicted molar refractivity (Wildman–Crippen MR) is 135 cm³/mol. The summed E-state index contributed by atoms with van der Waals surface area (Å²) in [5, 5.41) is 5.23. The third kappa shape index (κ3) is 5.33. The van der Waals surface area contributed by atoms with Crippen molar-refractivity contribution in [2.24, 2.45) is 5.10 Å². The van der Waals surface area contributed by atoms with Crippen LogP contribution in [0.1, 0.15) is 12.5 Å². The summed E-state index contributed by atoms with van der Waals surface area (Å²) in [6.45, 7) is 1.60. The lowest BCUT2D eigenvalue weighted by molar-refractivity contribution is -0.145. The molecule has 0 saturated carbocycles. The molecule has 4 aromatic rings. The van der Waals surface area contributed by atoms with Crippen LogP contribution in [0.4, 0.5) is 0 Å². The molecule has 0 atom stereocenters. The molecule has 0 aliphatic carbocycles. The molecule has 178 valence electrons. The highest BCUT2D eigenvalue weighted by Crippen LogP contribution is 2.34. The van der Waals surface area contributed by atoms with Gasteiger partial charge in [-0.1, -0.05) is 54.1 Å². The number of fused-ring (bicyclic) bond motifs is 1. The van der Waals surface area contributed by atoms with Gasteiger partial charge in [0.2, 0.25) is 0 Å². The van der Waals surface area contributed by atoms with E-state index in [0.717, 1.165) is 5.56 Å². The standard InChI is InChI=1S/C26H22ClN3O5/c1-3-34-23(31)16-35-24-18(13-19(27)14-22(24)33-2)15-28-30-25(17-9-5-4-6-10-17)29-21-12-8-7-11-20(21)26(30)32/h4-15H,3,16H2,1-2H3. The molecule has 0 amide bonds. The van der Waals surface area contributed by atoms with E-state index in [-0.39, 0.29) is 24.5 Å². The maximum Gasteiger partial charge on any atom is 0.344 e. The Morgan fingerprint density at radius 3 is 2.60 bits per heavy atom. The molecule has 0 saturated heterocycles. The molecule has 8 nitrogen and oxygen atoms in total. The van der Waals surface area contributed by atoms with Crippen molar-refractivity contribution in [2.75, 3.05) is 20.3 Å². The van der Waals surface area contributed by atoms with Gasteiger partial charge in [0.1, 0.15) is 0 Å². The summed E-state index contributed by atoms with van der Waals surface area (Å²) in [5.74, 6) is 0.370. The summed E-state index contributed by atoms with van der Waals surface area (Å²) in [5.41, 5.74) is 1.34. The Morgan fingerprint density at radius 2 is 1.86 bits per heavy atom. The van der Waals surface area contributed by atoms with Crippen LogP contribution in [-0.4, -0.2) is 42.2 Å². The maximum absolute atomic E-state index is 13.4. The minimum absolute atomic E-state index is 0.231. The lowest BCUT2D eigenvalue weighted by Crippen LogP contribution is -2.20. The smallest absolute Gasteiger partial charge is 0.344 e. The SMILES string of the molecule is CCOC(=O)COc1c(C=Nn2c(-c3ccccc3)nc3ccccc3c2=O)cc(Cl)cc1OC. The second-order valence-corrected chi connectivity index (χ2v) is 7.74. The molecule has 0 N–H and O–H groups in total. The second-order valence-electron chi connectivity index (χ2n) is 7.30. The van der Waals surface area contributed by atoms with Crippen molar-refractivity contribution in [1.82, 2.24) is 9.66 Å². The number of halogens is 1. The van der Waals surface area contributed by atoms with Crippen molar-refractivity contribution in [1.29, 1.82) is 0 Å². The van der Waals surface area contributed by atoms with Gasteiger partial charge in [0.15, 0.2) is 23.9 Å². The highest BCUT2D eigenvalue weighted by molar-refractivity contribution is 6.31. The van der Waals surface area contributed by atoms with Gasteiger partial charge < -0.3 is 14.2 Å². The minimum atomic E-state index is -0.534. The Hall–Kier alpha value is -4.17. The van der Waals surface area contributed by atoms with Gasteiger partial charge in [0.25, 0.3) is 5.56 Å². The molecular formula is C26H22ClN3O5. The fraction of sp³-hybridized carbons (Fsp3) is 0.154. The van der Waals surface area contributed by atoms with E-state index in [1.54, 1.807) is 37.3 Å². The molecule has 0 aliphatic heterocycles. The first-order valence-electron chi connectivity index (χ1n) is 10.8. The summed E-state index contributed by atoms with van der Waals surface area (Å²) >= 11 is 6.26. The van der Waals surface area contributed by atoms with Crippen LogP contribution in [0.2, 0.25) is 5.02 Å². The largest absolute Gasteiger partial charge is 0.493 e. The number of carbonyl (C=O) groups excluding carboxylic acids is 1. The first-order valence-corrected chi connectivity index (χ1v) is 11.2. The van der Waals surface area contributed by atoms with Gasteiger partial charge in [-0.25, -0.2) is 9.78 Å². The summed E-state index contributed by atoms with van der Waals surface area (Å²) < 4.78 is 17.2. The number of benzene rings is 3. The van der Waals surface area contributed by atoms with Crippen LogP contribution >= 0.6 is 11.6 Å². The average Bonchev–Trinajstić information content (AvgIpc) is 2.87. The molecule has 9 heteroatoms. The number of aromatic nitrogens is 2. The number of hydrogen-bond acceptors (Lipinski definition) is 7. The van der Waals surface area contributed by atoms with E-state index in [2.05, 4.69) is 10.1 Å². The quantitative estimate of drug-likeness (QED) is 0.265. The molecule has 0 aliphatic rings. The normalized spacial score (nSPS) is 11.1. The first-order chi connectivity index (χ1) is 17.0. The fourth-order valence-corrected chi connectivity index (χ4v) is 3.67. The van der Waals surface area contributed by atoms with Gasteiger partial charge in [-0.3, -0.25) is 4.79 Å². The monoisotopic (exact) mass is 491 g/mol. The van der Waals surface area contributed by atoms with Gasteiger partial charge in [-0.15, -0.1) is 0 Å². The maximum atomic E-state index is 13.4. The van der Waals surface area contributed by atoms with Crippen LogP contribution < -0.4 is 15.0 Å². The van der Waals surface area contributed by atoms with E-state index in [0.29, 0.717) is 33.1 Å². The summed E-state index contributed by atoms with van der Waals surface area (Å²) in [6, 6.07) is 19.5. The third-order valence-electron chi connectivity index (χ3n) is 5.01. The summed E-state index contributed by atoms with van der Waals surface area (Å²) in [7, 11) is 1.45. The number of rotatable bonds is 8. The lowest BCUT2D eigenvalue weighted by atomic mass is 10.2. The molecule has 35 heavy (non-hydrogen) atoms. The van der Waals surface area contributed by atoms with Crippen molar-refractivity contribution >= 4 is 34.7 Å². The molecule has 4 rings (SSSR count). The molecular weight excluding hydrogens is 470 g/mol. The van der Waals surface area contributed by atoms with Crippen molar-refractivity contribution < 1.29 is 19.0 Å². The summed E-state index contributed by atoms with van der Waals surface area (Å²) in [4.78, 5) is 29.9. The molecule has 0 fully saturated rings. The number of ether oxygens (including phenoxy) is 3. The Morgan fingerprint density at radius 1 is 1.11 bits per heavy atom. The molecule has 0 radical (unpaired) electrons. The molecule has 1 heterocycles. The van der Waals surface area contributed by atoms with Gasteiger partial charge in [0, 0.05) is 22.2 Å². The van der Waals surface area contributed by atoms with E-state index < -0.39 is 5.97 Å². The number of para-hydroxylation sites is 1. The Kier molecular flexibility index (Phi) is 7.42. The van der Waals surface area contributed by atoms with E-state index in [1.165, 1.54) is 18.0 Å². The first kappa shape index (κ1) is 24.0. The molecule has 3 aromatic carbocycles. The number of esters is 1.